The molecule has 1 aromatic carbocycles. The number of Topliss-reactive ketones (excluding diaryl/α,β-unsaturated/α-hetero) is 1. The molecule has 0 amide bonds. The molecule has 1 N–H and O–H groups in total. The summed E-state index contributed by atoms with van der Waals surface area (Å²) in [5.74, 6) is 1.22. The van der Waals surface area contributed by atoms with Gasteiger partial charge in [-0.25, -0.2) is 0 Å². The van der Waals surface area contributed by atoms with Gasteiger partial charge in [0.2, 0.25) is 17.3 Å². The molecule has 0 saturated heterocycles. The van der Waals surface area contributed by atoms with Gasteiger partial charge in [-0.3, -0.25) is 4.79 Å². The van der Waals surface area contributed by atoms with Crippen LogP contribution in [0.15, 0.2) is 0 Å². The highest BCUT2D eigenvalue weighted by molar-refractivity contribution is 7.11. The van der Waals surface area contributed by atoms with Crippen molar-refractivity contribution in [3.63, 3.8) is 0 Å². The molecule has 1 unspecified atom stereocenters. The number of fused-ring (bicyclic) bond motifs is 1. The van der Waals surface area contributed by atoms with Crippen LogP contribution in [0.5, 0.6) is 11.5 Å². The van der Waals surface area contributed by atoms with Crippen LogP contribution < -0.4 is 9.30 Å². The lowest BCUT2D eigenvalue weighted by molar-refractivity contribution is -0.691. The lowest BCUT2D eigenvalue weighted by atomic mass is 9.85. The number of rotatable bonds is 3. The lowest BCUT2D eigenvalue weighted by Gasteiger charge is -2.36. The van der Waals surface area contributed by atoms with Gasteiger partial charge in [0.1, 0.15) is 11.5 Å². The maximum atomic E-state index is 13.2. The van der Waals surface area contributed by atoms with E-state index in [1.165, 1.54) is 4.88 Å². The molecule has 1 aliphatic rings. The van der Waals surface area contributed by atoms with Crippen LogP contribution in [0.4, 0.5) is 0 Å². The molecule has 5 heteroatoms. The average molecular weight is 375 g/mol. The van der Waals surface area contributed by atoms with Crippen molar-refractivity contribution in [1.29, 1.82) is 0 Å². The Morgan fingerprint density at radius 3 is 2.38 bits per heavy atom. The van der Waals surface area contributed by atoms with Crippen molar-refractivity contribution in [3.8, 4) is 11.5 Å². The number of carbonyl (C=O) groups is 1. The van der Waals surface area contributed by atoms with E-state index in [1.54, 1.807) is 11.3 Å². The van der Waals surface area contributed by atoms with E-state index in [4.69, 9.17) is 4.74 Å². The minimum absolute atomic E-state index is 0.0972. The molecular formula is C21H28NO3S+. The number of hydrogen-bond donors (Lipinski definition) is 1. The summed E-state index contributed by atoms with van der Waals surface area (Å²) in [5.41, 5.74) is 3.96. The summed E-state index contributed by atoms with van der Waals surface area (Å²) in [5, 5.41) is 11.5. The number of nitrogens with zero attached hydrogens (tertiary/aromatic N) is 1. The normalized spacial score (nSPS) is 19.2. The summed E-state index contributed by atoms with van der Waals surface area (Å²) < 4.78 is 8.41. The fraction of sp³-hybridized carbons (Fsp3) is 0.524. The molecule has 1 atom stereocenters. The van der Waals surface area contributed by atoms with E-state index in [-0.39, 0.29) is 5.78 Å². The van der Waals surface area contributed by atoms with Gasteiger partial charge in [0.25, 0.3) is 0 Å². The Morgan fingerprint density at radius 1 is 1.15 bits per heavy atom. The molecule has 0 saturated carbocycles. The minimum Gasteiger partial charge on any atom is -0.507 e. The zero-order valence-electron chi connectivity index (χ0n) is 16.7. The second-order valence-electron chi connectivity index (χ2n) is 7.64. The zero-order valence-corrected chi connectivity index (χ0v) is 17.6. The van der Waals surface area contributed by atoms with E-state index in [0.717, 1.165) is 45.1 Å². The molecule has 1 aromatic heterocycles. The van der Waals surface area contributed by atoms with E-state index in [1.807, 2.05) is 27.7 Å². The van der Waals surface area contributed by atoms with E-state index in [0.29, 0.717) is 18.7 Å². The van der Waals surface area contributed by atoms with E-state index >= 15 is 0 Å². The molecule has 1 aliphatic heterocycles. The van der Waals surface area contributed by atoms with E-state index < -0.39 is 5.60 Å². The highest BCUT2D eigenvalue weighted by atomic mass is 32.1. The van der Waals surface area contributed by atoms with Crippen LogP contribution in [-0.4, -0.2) is 16.5 Å². The van der Waals surface area contributed by atoms with Gasteiger partial charge in [-0.1, -0.05) is 11.3 Å². The number of aromatic nitrogens is 1. The van der Waals surface area contributed by atoms with Crippen molar-refractivity contribution in [1.82, 2.24) is 0 Å². The highest BCUT2D eigenvalue weighted by Crippen LogP contribution is 2.43. The molecule has 0 fully saturated rings. The van der Waals surface area contributed by atoms with Crippen molar-refractivity contribution < 1.29 is 19.2 Å². The number of carbonyl (C=O) groups excluding carboxylic acids is 1. The van der Waals surface area contributed by atoms with Crippen molar-refractivity contribution in [2.75, 3.05) is 0 Å². The first-order valence-electron chi connectivity index (χ1n) is 9.07. The molecule has 0 bridgehead atoms. The Balaban J connectivity index is 1.94. The summed E-state index contributed by atoms with van der Waals surface area (Å²) >= 11 is 1.72. The van der Waals surface area contributed by atoms with Gasteiger partial charge < -0.3 is 9.84 Å². The Bertz CT molecular complexity index is 913. The fourth-order valence-corrected chi connectivity index (χ4v) is 4.77. The van der Waals surface area contributed by atoms with Crippen molar-refractivity contribution in [2.45, 2.75) is 73.5 Å². The molecule has 4 nitrogen and oxygen atoms in total. The van der Waals surface area contributed by atoms with Crippen molar-refractivity contribution >= 4 is 17.1 Å². The van der Waals surface area contributed by atoms with Gasteiger partial charge in [-0.15, -0.1) is 0 Å². The molecule has 2 aromatic rings. The van der Waals surface area contributed by atoms with Gasteiger partial charge in [-0.2, -0.15) is 4.57 Å². The summed E-state index contributed by atoms with van der Waals surface area (Å²) in [6.07, 6.45) is 1.37. The second kappa shape index (κ2) is 6.38. The first-order chi connectivity index (χ1) is 12.1. The standard InChI is InChI=1S/C21H27NO3S/c1-11-12(2)20-17(13(3)19(11)24)8-9-21(7,25-20)18(23)10-22-14(4)15(5)26-16(22)6/h8-10H2,1-7H3/p+1. The van der Waals surface area contributed by atoms with Crippen LogP contribution in [-0.2, 0) is 17.8 Å². The molecule has 0 aliphatic carbocycles. The topological polar surface area (TPSA) is 50.4 Å². The molecule has 140 valence electrons. The number of ketones is 1. The number of thiazole rings is 1. The van der Waals surface area contributed by atoms with Crippen LogP contribution in [0.1, 0.15) is 51.2 Å². The fourth-order valence-electron chi connectivity index (χ4n) is 3.76. The van der Waals surface area contributed by atoms with Crippen molar-refractivity contribution in [3.05, 3.63) is 37.8 Å². The first-order valence-corrected chi connectivity index (χ1v) is 9.88. The highest BCUT2D eigenvalue weighted by Gasteiger charge is 2.42. The molecule has 3 rings (SSSR count). The number of aromatic hydroxyl groups is 1. The Labute approximate surface area is 159 Å². The van der Waals surface area contributed by atoms with Crippen LogP contribution >= 0.6 is 11.3 Å². The lowest BCUT2D eigenvalue weighted by Crippen LogP contribution is -2.52. The van der Waals surface area contributed by atoms with Gasteiger partial charge in [-0.05, 0) is 64.2 Å². The number of phenolic OH excluding ortho intramolecular Hbond substituents is 1. The van der Waals surface area contributed by atoms with Crippen LogP contribution in [0.3, 0.4) is 0 Å². The van der Waals surface area contributed by atoms with E-state index in [9.17, 15) is 9.90 Å². The van der Waals surface area contributed by atoms with Gasteiger partial charge in [0.15, 0.2) is 11.3 Å². The van der Waals surface area contributed by atoms with Crippen molar-refractivity contribution in [2.24, 2.45) is 0 Å². The second-order valence-corrected chi connectivity index (χ2v) is 9.04. The molecule has 0 radical (unpaired) electrons. The SMILES string of the molecule is Cc1sc(C)[n+](CC(=O)C2(C)CCc3c(C)c(O)c(C)c(C)c3O2)c1C. The number of phenols is 1. The minimum atomic E-state index is -0.838. The third-order valence-electron chi connectivity index (χ3n) is 6.01. The number of benzene rings is 1. The summed E-state index contributed by atoms with van der Waals surface area (Å²) in [6.45, 7) is 14.2. The summed E-state index contributed by atoms with van der Waals surface area (Å²) in [7, 11) is 0. The summed E-state index contributed by atoms with van der Waals surface area (Å²) in [6, 6.07) is 0. The number of hydrogen-bond acceptors (Lipinski definition) is 4. The van der Waals surface area contributed by atoms with Crippen LogP contribution in [0.25, 0.3) is 0 Å². The Morgan fingerprint density at radius 2 is 1.81 bits per heavy atom. The van der Waals surface area contributed by atoms with Gasteiger partial charge in [0, 0.05) is 19.4 Å². The molecule has 2 heterocycles. The largest absolute Gasteiger partial charge is 0.507 e. The smallest absolute Gasteiger partial charge is 0.240 e. The third-order valence-corrected chi connectivity index (χ3v) is 7.12. The van der Waals surface area contributed by atoms with Crippen LogP contribution in [0.2, 0.25) is 0 Å². The monoisotopic (exact) mass is 374 g/mol. The maximum absolute atomic E-state index is 13.2. The van der Waals surface area contributed by atoms with Gasteiger partial charge >= 0.3 is 0 Å². The van der Waals surface area contributed by atoms with Crippen LogP contribution in [0, 0.1) is 41.5 Å². The molecule has 0 spiro atoms. The quantitative estimate of drug-likeness (QED) is 0.828. The Hall–Kier alpha value is -1.88. The predicted molar refractivity (Wildman–Crippen MR) is 103 cm³/mol. The number of aryl methyl sites for hydroxylation is 2. The number of ether oxygens (including phenoxy) is 1. The zero-order chi connectivity index (χ0) is 19.4. The summed E-state index contributed by atoms with van der Waals surface area (Å²) in [4.78, 5) is 14.4. The predicted octanol–water partition coefficient (Wildman–Crippen LogP) is 3.94. The Kier molecular flexibility index (Phi) is 4.63. The first kappa shape index (κ1) is 18.9. The molecule has 26 heavy (non-hydrogen) atoms. The van der Waals surface area contributed by atoms with E-state index in [2.05, 4.69) is 25.3 Å². The van der Waals surface area contributed by atoms with Gasteiger partial charge in [0.05, 0.1) is 4.88 Å². The third kappa shape index (κ3) is 2.82. The molecular weight excluding hydrogens is 346 g/mol. The maximum Gasteiger partial charge on any atom is 0.240 e. The average Bonchev–Trinajstić information content (AvgIpc) is 2.84.